The van der Waals surface area contributed by atoms with Gasteiger partial charge in [0.05, 0.1) is 0 Å². The van der Waals surface area contributed by atoms with Crippen molar-refractivity contribution in [3.05, 3.63) is 18.0 Å². The number of aromatic nitrogens is 2. The molecular formula is C10H19N3. The molecule has 1 atom stereocenters. The first-order valence-corrected chi connectivity index (χ1v) is 4.83. The first kappa shape index (κ1) is 10.3. The molecule has 1 aromatic heterocycles. The van der Waals surface area contributed by atoms with Gasteiger partial charge in [0, 0.05) is 25.0 Å². The highest BCUT2D eigenvalue weighted by molar-refractivity contribution is 5.00. The van der Waals surface area contributed by atoms with Crippen LogP contribution in [-0.4, -0.2) is 15.8 Å². The second-order valence-corrected chi connectivity index (χ2v) is 3.89. The van der Waals surface area contributed by atoms with Crippen LogP contribution in [0.2, 0.25) is 0 Å². The predicted molar refractivity (Wildman–Crippen MR) is 54.3 cm³/mol. The van der Waals surface area contributed by atoms with Crippen LogP contribution in [0, 0.1) is 5.92 Å². The fraction of sp³-hybridized carbons (Fsp3) is 0.700. The molecule has 0 aliphatic rings. The van der Waals surface area contributed by atoms with Gasteiger partial charge in [0.1, 0.15) is 0 Å². The topological polar surface area (TPSA) is 43.8 Å². The SMILES string of the molecule is CC(C)C(N)CCc1ccnn1C. The van der Waals surface area contributed by atoms with Crippen molar-refractivity contribution < 1.29 is 0 Å². The van der Waals surface area contributed by atoms with E-state index in [4.69, 9.17) is 5.73 Å². The smallest absolute Gasteiger partial charge is 0.0492 e. The molecule has 0 fully saturated rings. The van der Waals surface area contributed by atoms with Crippen LogP contribution in [0.4, 0.5) is 0 Å². The van der Waals surface area contributed by atoms with E-state index in [0.717, 1.165) is 12.8 Å². The molecule has 13 heavy (non-hydrogen) atoms. The molecule has 0 aliphatic heterocycles. The summed E-state index contributed by atoms with van der Waals surface area (Å²) >= 11 is 0. The van der Waals surface area contributed by atoms with Crippen molar-refractivity contribution in [1.29, 1.82) is 0 Å². The minimum Gasteiger partial charge on any atom is -0.327 e. The summed E-state index contributed by atoms with van der Waals surface area (Å²) in [5, 5.41) is 4.12. The Hall–Kier alpha value is -0.830. The van der Waals surface area contributed by atoms with Crippen LogP contribution >= 0.6 is 0 Å². The largest absolute Gasteiger partial charge is 0.327 e. The lowest BCUT2D eigenvalue weighted by molar-refractivity contribution is 0.459. The highest BCUT2D eigenvalue weighted by atomic mass is 15.2. The van der Waals surface area contributed by atoms with E-state index in [1.54, 1.807) is 0 Å². The predicted octanol–water partition coefficient (Wildman–Crippen LogP) is 1.34. The molecule has 0 amide bonds. The molecule has 0 saturated heterocycles. The van der Waals surface area contributed by atoms with Crippen molar-refractivity contribution in [3.63, 3.8) is 0 Å². The highest BCUT2D eigenvalue weighted by Crippen LogP contribution is 2.08. The van der Waals surface area contributed by atoms with E-state index in [2.05, 4.69) is 18.9 Å². The van der Waals surface area contributed by atoms with Gasteiger partial charge in [-0.3, -0.25) is 4.68 Å². The Labute approximate surface area is 79.9 Å². The molecule has 3 heteroatoms. The van der Waals surface area contributed by atoms with Gasteiger partial charge in [0.2, 0.25) is 0 Å². The van der Waals surface area contributed by atoms with E-state index in [-0.39, 0.29) is 0 Å². The molecule has 1 unspecified atom stereocenters. The van der Waals surface area contributed by atoms with E-state index in [1.807, 2.05) is 24.0 Å². The molecule has 0 saturated carbocycles. The average Bonchev–Trinajstić information content (AvgIpc) is 2.47. The fourth-order valence-electron chi connectivity index (χ4n) is 1.29. The number of nitrogens with zero attached hydrogens (tertiary/aromatic N) is 2. The number of rotatable bonds is 4. The van der Waals surface area contributed by atoms with Crippen LogP contribution in [0.25, 0.3) is 0 Å². The Morgan fingerprint density at radius 2 is 2.23 bits per heavy atom. The molecule has 0 aliphatic carbocycles. The van der Waals surface area contributed by atoms with Gasteiger partial charge >= 0.3 is 0 Å². The van der Waals surface area contributed by atoms with Crippen molar-refractivity contribution >= 4 is 0 Å². The molecular weight excluding hydrogens is 162 g/mol. The van der Waals surface area contributed by atoms with Gasteiger partial charge in [0.25, 0.3) is 0 Å². The molecule has 0 aromatic carbocycles. The van der Waals surface area contributed by atoms with Crippen molar-refractivity contribution in [2.24, 2.45) is 18.7 Å². The maximum absolute atomic E-state index is 5.95. The first-order chi connectivity index (χ1) is 6.11. The van der Waals surface area contributed by atoms with Gasteiger partial charge in [-0.1, -0.05) is 13.8 Å². The Kier molecular flexibility index (Phi) is 3.48. The fourth-order valence-corrected chi connectivity index (χ4v) is 1.29. The minimum absolute atomic E-state index is 0.301. The summed E-state index contributed by atoms with van der Waals surface area (Å²) < 4.78 is 1.91. The third-order valence-electron chi connectivity index (χ3n) is 2.51. The zero-order valence-electron chi connectivity index (χ0n) is 8.70. The molecule has 1 rings (SSSR count). The van der Waals surface area contributed by atoms with Gasteiger partial charge in [-0.25, -0.2) is 0 Å². The molecule has 0 spiro atoms. The van der Waals surface area contributed by atoms with Crippen LogP contribution in [0.3, 0.4) is 0 Å². The van der Waals surface area contributed by atoms with E-state index in [9.17, 15) is 0 Å². The van der Waals surface area contributed by atoms with E-state index >= 15 is 0 Å². The summed E-state index contributed by atoms with van der Waals surface area (Å²) in [4.78, 5) is 0. The van der Waals surface area contributed by atoms with E-state index in [0.29, 0.717) is 12.0 Å². The Morgan fingerprint density at radius 1 is 1.54 bits per heavy atom. The number of hydrogen-bond donors (Lipinski definition) is 1. The second-order valence-electron chi connectivity index (χ2n) is 3.89. The molecule has 74 valence electrons. The van der Waals surface area contributed by atoms with Crippen LogP contribution in [0.1, 0.15) is 26.0 Å². The van der Waals surface area contributed by atoms with Crippen LogP contribution in [0.15, 0.2) is 12.3 Å². The second kappa shape index (κ2) is 4.42. The van der Waals surface area contributed by atoms with Crippen LogP contribution < -0.4 is 5.73 Å². The first-order valence-electron chi connectivity index (χ1n) is 4.83. The molecule has 3 nitrogen and oxygen atoms in total. The van der Waals surface area contributed by atoms with Crippen molar-refractivity contribution in [2.45, 2.75) is 32.7 Å². The van der Waals surface area contributed by atoms with Gasteiger partial charge < -0.3 is 5.73 Å². The lowest BCUT2D eigenvalue weighted by atomic mass is 9.99. The normalized spacial score (nSPS) is 13.6. The van der Waals surface area contributed by atoms with Crippen molar-refractivity contribution in [1.82, 2.24) is 9.78 Å². The number of aryl methyl sites for hydroxylation is 2. The Balaban J connectivity index is 2.39. The summed E-state index contributed by atoms with van der Waals surface area (Å²) in [5.74, 6) is 0.563. The van der Waals surface area contributed by atoms with Gasteiger partial charge in [-0.05, 0) is 24.8 Å². The zero-order chi connectivity index (χ0) is 9.84. The summed E-state index contributed by atoms with van der Waals surface area (Å²) in [6.07, 6.45) is 3.89. The van der Waals surface area contributed by atoms with Gasteiger partial charge in [-0.15, -0.1) is 0 Å². The third-order valence-corrected chi connectivity index (χ3v) is 2.51. The van der Waals surface area contributed by atoms with Crippen LogP contribution in [0.5, 0.6) is 0 Å². The summed E-state index contributed by atoms with van der Waals surface area (Å²) in [5.41, 5.74) is 7.21. The Bertz CT molecular complexity index is 252. The van der Waals surface area contributed by atoms with Crippen molar-refractivity contribution in [2.75, 3.05) is 0 Å². The number of nitrogens with two attached hydrogens (primary N) is 1. The summed E-state index contributed by atoms with van der Waals surface area (Å²) in [7, 11) is 1.97. The third kappa shape index (κ3) is 2.84. The van der Waals surface area contributed by atoms with Gasteiger partial charge in [-0.2, -0.15) is 5.10 Å². The van der Waals surface area contributed by atoms with E-state index < -0.39 is 0 Å². The van der Waals surface area contributed by atoms with E-state index in [1.165, 1.54) is 5.69 Å². The minimum atomic E-state index is 0.301. The highest BCUT2D eigenvalue weighted by Gasteiger charge is 2.08. The summed E-state index contributed by atoms with van der Waals surface area (Å²) in [6, 6.07) is 2.35. The van der Waals surface area contributed by atoms with Crippen molar-refractivity contribution in [3.8, 4) is 0 Å². The quantitative estimate of drug-likeness (QED) is 0.761. The zero-order valence-corrected chi connectivity index (χ0v) is 8.70. The average molecular weight is 181 g/mol. The summed E-state index contributed by atoms with van der Waals surface area (Å²) in [6.45, 7) is 4.32. The number of hydrogen-bond acceptors (Lipinski definition) is 2. The molecule has 1 aromatic rings. The maximum Gasteiger partial charge on any atom is 0.0492 e. The Morgan fingerprint density at radius 3 is 2.69 bits per heavy atom. The standard InChI is InChI=1S/C10H19N3/c1-8(2)10(11)5-4-9-6-7-12-13(9)3/h6-8,10H,4-5,11H2,1-3H3. The lowest BCUT2D eigenvalue weighted by Crippen LogP contribution is -2.27. The maximum atomic E-state index is 5.95. The monoisotopic (exact) mass is 181 g/mol. The molecule has 1 heterocycles. The van der Waals surface area contributed by atoms with Gasteiger partial charge in [0.15, 0.2) is 0 Å². The lowest BCUT2D eigenvalue weighted by Gasteiger charge is -2.14. The molecule has 0 bridgehead atoms. The molecule has 0 radical (unpaired) electrons. The van der Waals surface area contributed by atoms with Crippen LogP contribution in [-0.2, 0) is 13.5 Å². The molecule has 2 N–H and O–H groups in total.